The number of carbonyl (C=O) groups excluding carboxylic acids is 1. The van der Waals surface area contributed by atoms with Crippen LogP contribution in [-0.2, 0) is 4.79 Å². The van der Waals surface area contributed by atoms with Gasteiger partial charge in [-0.15, -0.1) is 0 Å². The summed E-state index contributed by atoms with van der Waals surface area (Å²) in [5, 5.41) is 0.704. The first-order valence-electron chi connectivity index (χ1n) is 5.92. The molecule has 1 aromatic carbocycles. The molecule has 0 radical (unpaired) electrons. The van der Waals surface area contributed by atoms with Crippen LogP contribution in [0, 0.1) is 0 Å². The molecule has 2 rings (SSSR count). The third-order valence-electron chi connectivity index (χ3n) is 2.97. The van der Waals surface area contributed by atoms with Gasteiger partial charge in [-0.05, 0) is 19.4 Å². The van der Waals surface area contributed by atoms with Crippen LogP contribution in [0.2, 0.25) is 0 Å². The van der Waals surface area contributed by atoms with Crippen molar-refractivity contribution < 1.29 is 18.0 Å². The molecule has 1 saturated heterocycles. The summed E-state index contributed by atoms with van der Waals surface area (Å²) >= 11 is 0. The van der Waals surface area contributed by atoms with E-state index in [9.17, 15) is 18.0 Å². The summed E-state index contributed by atoms with van der Waals surface area (Å²) in [5.74, 6) is -0.545. The number of nitrogens with one attached hydrogen (secondary N) is 1. The van der Waals surface area contributed by atoms with Crippen LogP contribution in [-0.4, -0.2) is 22.6 Å². The molecule has 1 aromatic rings. The molecule has 1 aliphatic rings. The van der Waals surface area contributed by atoms with Gasteiger partial charge in [0.15, 0.2) is 6.04 Å². The fourth-order valence-electron chi connectivity index (χ4n) is 2.22. The van der Waals surface area contributed by atoms with E-state index in [1.54, 1.807) is 19.9 Å². The average molecular weight is 272 g/mol. The fraction of sp³-hybridized carbons (Fsp3) is 0.462. The van der Waals surface area contributed by atoms with E-state index >= 15 is 0 Å². The lowest BCUT2D eigenvalue weighted by Gasteiger charge is -2.31. The quantitative estimate of drug-likeness (QED) is 0.898. The summed E-state index contributed by atoms with van der Waals surface area (Å²) in [4.78, 5) is 11.8. The zero-order valence-electron chi connectivity index (χ0n) is 10.7. The van der Waals surface area contributed by atoms with Crippen LogP contribution in [0.25, 0.3) is 0 Å². The number of hydrogen-bond acceptors (Lipinski definition) is 2. The van der Waals surface area contributed by atoms with E-state index in [-0.39, 0.29) is 12.0 Å². The van der Waals surface area contributed by atoms with Crippen LogP contribution >= 0.6 is 0 Å². The minimum absolute atomic E-state index is 0.0480. The number of alkyl halides is 3. The molecule has 104 valence electrons. The Balaban J connectivity index is 2.38. The molecule has 1 aliphatic heterocycles. The number of hydrogen-bond donors (Lipinski definition) is 1. The summed E-state index contributed by atoms with van der Waals surface area (Å²) in [6, 6.07) is 5.49. The highest BCUT2D eigenvalue weighted by Gasteiger charge is 2.51. The molecular formula is C13H15F3N2O. The average Bonchev–Trinajstić information content (AvgIpc) is 2.52. The summed E-state index contributed by atoms with van der Waals surface area (Å²) < 4.78 is 39.7. The fourth-order valence-corrected chi connectivity index (χ4v) is 2.22. The Morgan fingerprint density at radius 1 is 1.26 bits per heavy atom. The maximum absolute atomic E-state index is 13.2. The van der Waals surface area contributed by atoms with E-state index in [0.29, 0.717) is 5.01 Å². The number of rotatable bonds is 2. The highest BCUT2D eigenvalue weighted by molar-refractivity contribution is 5.79. The molecule has 0 spiro atoms. The number of amides is 1. The van der Waals surface area contributed by atoms with Crippen molar-refractivity contribution in [2.75, 3.05) is 0 Å². The van der Waals surface area contributed by atoms with Crippen molar-refractivity contribution in [1.82, 2.24) is 10.4 Å². The van der Waals surface area contributed by atoms with Gasteiger partial charge in [0, 0.05) is 12.0 Å². The SMILES string of the molecule is CC1(C)CC(=O)N([C@@H](c2ccccc2)C(F)(F)F)N1. The summed E-state index contributed by atoms with van der Waals surface area (Å²) in [7, 11) is 0. The largest absolute Gasteiger partial charge is 0.414 e. The lowest BCUT2D eigenvalue weighted by Crippen LogP contribution is -2.48. The Kier molecular flexibility index (Phi) is 3.30. The van der Waals surface area contributed by atoms with Gasteiger partial charge in [0.05, 0.1) is 0 Å². The van der Waals surface area contributed by atoms with Crippen LogP contribution in [0.4, 0.5) is 13.2 Å². The van der Waals surface area contributed by atoms with Gasteiger partial charge in [-0.25, -0.2) is 5.43 Å². The van der Waals surface area contributed by atoms with Gasteiger partial charge < -0.3 is 0 Å². The molecular weight excluding hydrogens is 257 g/mol. The lowest BCUT2D eigenvalue weighted by molar-refractivity contribution is -0.196. The number of carbonyl (C=O) groups is 1. The van der Waals surface area contributed by atoms with Crippen LogP contribution in [0.5, 0.6) is 0 Å². The molecule has 0 aliphatic carbocycles. The third-order valence-corrected chi connectivity index (χ3v) is 2.97. The molecule has 3 nitrogen and oxygen atoms in total. The van der Waals surface area contributed by atoms with Gasteiger partial charge in [0.25, 0.3) is 0 Å². The van der Waals surface area contributed by atoms with E-state index in [1.807, 2.05) is 0 Å². The zero-order valence-corrected chi connectivity index (χ0v) is 10.7. The number of hydrazine groups is 1. The first-order chi connectivity index (χ1) is 8.71. The van der Waals surface area contributed by atoms with Crippen LogP contribution < -0.4 is 5.43 Å². The molecule has 1 atom stereocenters. The van der Waals surface area contributed by atoms with Gasteiger partial charge in [-0.1, -0.05) is 30.3 Å². The smallest absolute Gasteiger partial charge is 0.273 e. The van der Waals surface area contributed by atoms with Crippen LogP contribution in [0.3, 0.4) is 0 Å². The van der Waals surface area contributed by atoms with Crippen molar-refractivity contribution in [3.8, 4) is 0 Å². The first kappa shape index (κ1) is 13.9. The Bertz CT molecular complexity index is 471. The summed E-state index contributed by atoms with van der Waals surface area (Å²) in [6.45, 7) is 3.40. The molecule has 0 bridgehead atoms. The molecule has 1 heterocycles. The standard InChI is InChI=1S/C13H15F3N2O/c1-12(2)8-10(19)18(17-12)11(13(14,15)16)9-6-4-3-5-7-9/h3-7,11,17H,8H2,1-2H3/t11-/m0/s1. The van der Waals surface area contributed by atoms with Gasteiger partial charge >= 0.3 is 6.18 Å². The summed E-state index contributed by atoms with van der Waals surface area (Å²) in [5.41, 5.74) is 2.04. The maximum Gasteiger partial charge on any atom is 0.414 e. The Hall–Kier alpha value is -1.56. The first-order valence-corrected chi connectivity index (χ1v) is 5.92. The Morgan fingerprint density at radius 3 is 2.26 bits per heavy atom. The van der Waals surface area contributed by atoms with Gasteiger partial charge in [-0.3, -0.25) is 9.80 Å². The second-order valence-corrected chi connectivity index (χ2v) is 5.29. The van der Waals surface area contributed by atoms with E-state index in [0.717, 1.165) is 0 Å². The molecule has 0 aromatic heterocycles. The van der Waals surface area contributed by atoms with Gasteiger partial charge in [0.2, 0.25) is 5.91 Å². The molecule has 6 heteroatoms. The highest BCUT2D eigenvalue weighted by Crippen LogP contribution is 2.39. The van der Waals surface area contributed by atoms with Gasteiger partial charge in [-0.2, -0.15) is 13.2 Å². The number of benzene rings is 1. The third kappa shape index (κ3) is 2.89. The topological polar surface area (TPSA) is 32.3 Å². The minimum atomic E-state index is -4.52. The summed E-state index contributed by atoms with van der Waals surface area (Å²) in [6.07, 6.45) is -4.48. The predicted octanol–water partition coefficient (Wildman–Crippen LogP) is 2.81. The van der Waals surface area contributed by atoms with E-state index in [4.69, 9.17) is 0 Å². The van der Waals surface area contributed by atoms with Crippen molar-refractivity contribution >= 4 is 5.91 Å². The molecule has 0 saturated carbocycles. The van der Waals surface area contributed by atoms with E-state index < -0.39 is 23.7 Å². The lowest BCUT2D eigenvalue weighted by atomic mass is 10.0. The maximum atomic E-state index is 13.2. The molecule has 0 unspecified atom stereocenters. The van der Waals surface area contributed by atoms with Gasteiger partial charge in [0.1, 0.15) is 0 Å². The molecule has 1 amide bonds. The minimum Gasteiger partial charge on any atom is -0.273 e. The van der Waals surface area contributed by atoms with E-state index in [1.165, 1.54) is 24.3 Å². The number of halogens is 3. The van der Waals surface area contributed by atoms with Crippen LogP contribution in [0.1, 0.15) is 31.9 Å². The number of nitrogens with zero attached hydrogens (tertiary/aromatic N) is 1. The van der Waals surface area contributed by atoms with E-state index in [2.05, 4.69) is 5.43 Å². The predicted molar refractivity (Wildman–Crippen MR) is 63.9 cm³/mol. The second-order valence-electron chi connectivity index (χ2n) is 5.29. The zero-order chi connectivity index (χ0) is 14.3. The van der Waals surface area contributed by atoms with Crippen molar-refractivity contribution in [2.45, 2.75) is 38.0 Å². The Labute approximate surface area is 109 Å². The van der Waals surface area contributed by atoms with Crippen molar-refractivity contribution in [2.24, 2.45) is 0 Å². The van der Waals surface area contributed by atoms with Crippen molar-refractivity contribution in [1.29, 1.82) is 0 Å². The molecule has 1 N–H and O–H groups in total. The molecule has 1 fully saturated rings. The monoisotopic (exact) mass is 272 g/mol. The van der Waals surface area contributed by atoms with Crippen LogP contribution in [0.15, 0.2) is 30.3 Å². The van der Waals surface area contributed by atoms with Crippen molar-refractivity contribution in [3.63, 3.8) is 0 Å². The molecule has 19 heavy (non-hydrogen) atoms. The Morgan fingerprint density at radius 2 is 1.84 bits per heavy atom. The highest BCUT2D eigenvalue weighted by atomic mass is 19.4. The normalized spacial score (nSPS) is 20.7. The van der Waals surface area contributed by atoms with Crippen molar-refractivity contribution in [3.05, 3.63) is 35.9 Å². The second kappa shape index (κ2) is 4.52.